The molecule has 10 nitrogen and oxygen atoms in total. The second-order valence-corrected chi connectivity index (χ2v) is 8.11. The number of H-pyrrole nitrogens is 1. The number of esters is 1. The van der Waals surface area contributed by atoms with Crippen LogP contribution >= 0.6 is 22.9 Å². The molecule has 2 aromatic heterocycles. The minimum atomic E-state index is -0.964. The first-order valence-electron chi connectivity index (χ1n) is 9.51. The molecule has 3 rings (SSSR count). The van der Waals surface area contributed by atoms with E-state index in [-0.39, 0.29) is 22.3 Å². The third-order valence-corrected chi connectivity index (χ3v) is 6.14. The average Bonchev–Trinajstić information content (AvgIpc) is 3.10. The van der Waals surface area contributed by atoms with E-state index in [4.69, 9.17) is 22.1 Å². The Kier molecular flexibility index (Phi) is 7.11. The summed E-state index contributed by atoms with van der Waals surface area (Å²) in [5, 5.41) is 3.39. The van der Waals surface area contributed by atoms with Crippen molar-refractivity contribution < 1.29 is 19.1 Å². The number of ether oxygens (including phenoxy) is 1. The van der Waals surface area contributed by atoms with Gasteiger partial charge in [0.15, 0.2) is 6.61 Å². The molecule has 32 heavy (non-hydrogen) atoms. The van der Waals surface area contributed by atoms with E-state index < -0.39 is 47.6 Å². The van der Waals surface area contributed by atoms with Crippen LogP contribution in [0.2, 0.25) is 5.02 Å². The topological polar surface area (TPSA) is 153 Å². The van der Waals surface area contributed by atoms with E-state index in [0.29, 0.717) is 6.42 Å². The number of aromatic amines is 1. The maximum absolute atomic E-state index is 12.4. The molecule has 0 fully saturated rings. The lowest BCUT2D eigenvalue weighted by atomic mass is 10.2. The smallest absolute Gasteiger partial charge is 0.329 e. The molecule has 3 aromatic rings. The molecule has 2 heterocycles. The van der Waals surface area contributed by atoms with Crippen molar-refractivity contribution in [2.24, 2.45) is 0 Å². The normalized spacial score (nSPS) is 10.8. The Labute approximate surface area is 189 Å². The highest BCUT2D eigenvalue weighted by atomic mass is 35.5. The van der Waals surface area contributed by atoms with Gasteiger partial charge in [0.25, 0.3) is 11.5 Å². The van der Waals surface area contributed by atoms with Gasteiger partial charge in [0.1, 0.15) is 22.8 Å². The van der Waals surface area contributed by atoms with Crippen molar-refractivity contribution in [1.29, 1.82) is 0 Å². The Morgan fingerprint density at radius 1 is 1.25 bits per heavy atom. The van der Waals surface area contributed by atoms with Crippen LogP contribution in [0.15, 0.2) is 33.9 Å². The van der Waals surface area contributed by atoms with Crippen molar-refractivity contribution in [3.8, 4) is 0 Å². The lowest BCUT2D eigenvalue weighted by Crippen LogP contribution is -2.37. The van der Waals surface area contributed by atoms with E-state index in [0.717, 1.165) is 14.7 Å². The number of nitrogens with zero attached hydrogens (tertiary/aromatic N) is 1. The zero-order valence-corrected chi connectivity index (χ0v) is 18.5. The fraction of sp³-hybridized carbons (Fsp3) is 0.250. The van der Waals surface area contributed by atoms with Crippen LogP contribution in [0, 0.1) is 0 Å². The average molecular weight is 479 g/mol. The number of nitrogens with one attached hydrogen (secondary N) is 2. The highest BCUT2D eigenvalue weighted by Crippen LogP contribution is 2.34. The maximum Gasteiger partial charge on any atom is 0.329 e. The quantitative estimate of drug-likeness (QED) is 0.328. The number of benzene rings is 1. The monoisotopic (exact) mass is 478 g/mol. The third-order valence-electron chi connectivity index (χ3n) is 4.46. The fourth-order valence-electron chi connectivity index (χ4n) is 2.96. The molecule has 0 bridgehead atoms. The number of nitrogens with two attached hydrogens (primary N) is 1. The van der Waals surface area contributed by atoms with Crippen LogP contribution in [0.25, 0.3) is 10.1 Å². The molecule has 0 aliphatic rings. The number of hydrogen-bond acceptors (Lipinski definition) is 8. The van der Waals surface area contributed by atoms with Gasteiger partial charge in [0.2, 0.25) is 5.78 Å². The molecule has 1 aromatic carbocycles. The summed E-state index contributed by atoms with van der Waals surface area (Å²) in [6, 6.07) is 7.21. The number of nitrogen functional groups attached to an aromatic ring is 1. The van der Waals surface area contributed by atoms with E-state index in [1.165, 1.54) is 11.3 Å². The summed E-state index contributed by atoms with van der Waals surface area (Å²) < 4.78 is 6.73. The SMILES string of the molecule is CCCn1c(N)c(C(=O)COC(=O)CNC(=O)c2sc3ccccc3c2Cl)c(=O)[nH]c1=O. The molecule has 168 valence electrons. The zero-order chi connectivity index (χ0) is 23.4. The molecule has 0 atom stereocenters. The molecule has 0 aliphatic heterocycles. The minimum Gasteiger partial charge on any atom is -0.456 e. The first-order chi connectivity index (χ1) is 15.2. The number of thiophene rings is 1. The number of anilines is 1. The molecule has 12 heteroatoms. The van der Waals surface area contributed by atoms with Gasteiger partial charge in [-0.15, -0.1) is 11.3 Å². The van der Waals surface area contributed by atoms with Crippen molar-refractivity contribution in [3.63, 3.8) is 0 Å². The number of Topliss-reactive ketones (excluding diaryl/α,β-unsaturated/α-hetero) is 1. The van der Waals surface area contributed by atoms with Crippen LogP contribution < -0.4 is 22.3 Å². The predicted molar refractivity (Wildman–Crippen MR) is 120 cm³/mol. The Hall–Kier alpha value is -3.44. The molecular weight excluding hydrogens is 460 g/mol. The molecule has 0 aliphatic carbocycles. The molecule has 0 saturated carbocycles. The second-order valence-electron chi connectivity index (χ2n) is 6.68. The molecular formula is C20H19ClN4O6S. The number of carbonyl (C=O) groups excluding carboxylic acids is 3. The molecule has 0 spiro atoms. The van der Waals surface area contributed by atoms with Crippen LogP contribution in [-0.2, 0) is 16.1 Å². The van der Waals surface area contributed by atoms with E-state index in [1.807, 2.05) is 17.1 Å². The molecule has 4 N–H and O–H groups in total. The van der Waals surface area contributed by atoms with E-state index in [2.05, 4.69) is 5.32 Å². The summed E-state index contributed by atoms with van der Waals surface area (Å²) >= 11 is 7.41. The van der Waals surface area contributed by atoms with E-state index in [1.54, 1.807) is 19.1 Å². The van der Waals surface area contributed by atoms with Gasteiger partial charge in [-0.25, -0.2) is 4.79 Å². The molecule has 0 radical (unpaired) electrons. The van der Waals surface area contributed by atoms with Crippen molar-refractivity contribution in [2.45, 2.75) is 19.9 Å². The molecule has 0 unspecified atom stereocenters. The van der Waals surface area contributed by atoms with Crippen molar-refractivity contribution in [1.82, 2.24) is 14.9 Å². The Bertz CT molecular complexity index is 1330. The summed E-state index contributed by atoms with van der Waals surface area (Å²) in [7, 11) is 0. The number of ketones is 1. The number of carbonyl (C=O) groups is 3. The number of fused-ring (bicyclic) bond motifs is 1. The van der Waals surface area contributed by atoms with Crippen LogP contribution in [0.3, 0.4) is 0 Å². The molecule has 0 saturated heterocycles. The van der Waals surface area contributed by atoms with Gasteiger partial charge < -0.3 is 15.8 Å². The predicted octanol–water partition coefficient (Wildman–Crippen LogP) is 1.55. The first kappa shape index (κ1) is 23.2. The maximum atomic E-state index is 12.4. The lowest BCUT2D eigenvalue weighted by molar-refractivity contribution is -0.141. The highest BCUT2D eigenvalue weighted by Gasteiger charge is 2.21. The fourth-order valence-corrected chi connectivity index (χ4v) is 4.40. The van der Waals surface area contributed by atoms with Gasteiger partial charge in [-0.1, -0.05) is 36.7 Å². The standard InChI is InChI=1S/C20H19ClN4O6S/c1-2-7-25-17(22)14(18(28)24-20(25)30)11(26)9-31-13(27)8-23-19(29)16-15(21)10-5-3-4-6-12(10)32-16/h3-6H,2,7-9,22H2,1H3,(H,23,29)(H,24,28,30). The Morgan fingerprint density at radius 2 is 1.97 bits per heavy atom. The second kappa shape index (κ2) is 9.79. The van der Waals surface area contributed by atoms with Gasteiger partial charge in [-0.2, -0.15) is 0 Å². The third kappa shape index (κ3) is 4.73. The summed E-state index contributed by atoms with van der Waals surface area (Å²) in [6.07, 6.45) is 0.544. The Balaban J connectivity index is 1.61. The van der Waals surface area contributed by atoms with E-state index in [9.17, 15) is 24.0 Å². The van der Waals surface area contributed by atoms with Gasteiger partial charge in [0.05, 0.1) is 5.02 Å². The highest BCUT2D eigenvalue weighted by molar-refractivity contribution is 7.21. The largest absolute Gasteiger partial charge is 0.456 e. The number of hydrogen-bond donors (Lipinski definition) is 3. The zero-order valence-electron chi connectivity index (χ0n) is 16.9. The van der Waals surface area contributed by atoms with Crippen molar-refractivity contribution >= 4 is 56.5 Å². The number of aromatic nitrogens is 2. The summed E-state index contributed by atoms with van der Waals surface area (Å²) in [5.74, 6) is -2.64. The first-order valence-corrected chi connectivity index (χ1v) is 10.7. The molecule has 1 amide bonds. The van der Waals surface area contributed by atoms with Gasteiger partial charge >= 0.3 is 11.7 Å². The van der Waals surface area contributed by atoms with Crippen LogP contribution in [0.4, 0.5) is 5.82 Å². The summed E-state index contributed by atoms with van der Waals surface area (Å²) in [5.41, 5.74) is 3.64. The van der Waals surface area contributed by atoms with E-state index >= 15 is 0 Å². The van der Waals surface area contributed by atoms with Crippen molar-refractivity contribution in [3.05, 3.63) is 60.6 Å². The van der Waals surface area contributed by atoms with Crippen LogP contribution in [0.1, 0.15) is 33.4 Å². The van der Waals surface area contributed by atoms with Gasteiger partial charge in [0, 0.05) is 16.6 Å². The van der Waals surface area contributed by atoms with Crippen LogP contribution in [-0.4, -0.2) is 40.4 Å². The lowest BCUT2D eigenvalue weighted by Gasteiger charge is -2.11. The van der Waals surface area contributed by atoms with Crippen molar-refractivity contribution in [2.75, 3.05) is 18.9 Å². The summed E-state index contributed by atoms with van der Waals surface area (Å²) in [6.45, 7) is 0.697. The van der Waals surface area contributed by atoms with Gasteiger partial charge in [-0.05, 0) is 12.5 Å². The van der Waals surface area contributed by atoms with Crippen LogP contribution in [0.5, 0.6) is 0 Å². The number of amides is 1. The number of rotatable bonds is 8. The Morgan fingerprint density at radius 3 is 2.66 bits per heavy atom. The minimum absolute atomic E-state index is 0.202. The van der Waals surface area contributed by atoms with Gasteiger partial charge in [-0.3, -0.25) is 28.7 Å². The number of halogens is 1. The summed E-state index contributed by atoms with van der Waals surface area (Å²) in [4.78, 5) is 62.8.